The summed E-state index contributed by atoms with van der Waals surface area (Å²) in [5.74, 6) is -1.83. The first-order valence-corrected chi connectivity index (χ1v) is 10.0. The molecule has 170 valence electrons. The van der Waals surface area contributed by atoms with Crippen molar-refractivity contribution < 1.29 is 23.6 Å². The molecule has 0 unspecified atom stereocenters. The molecule has 2 aromatic heterocycles. The van der Waals surface area contributed by atoms with Gasteiger partial charge in [-0.3, -0.25) is 10.1 Å². The molecule has 0 aliphatic heterocycles. The van der Waals surface area contributed by atoms with E-state index in [1.807, 2.05) is 30.3 Å². The first kappa shape index (κ1) is 22.3. The lowest BCUT2D eigenvalue weighted by Crippen LogP contribution is -2.14. The van der Waals surface area contributed by atoms with Crippen molar-refractivity contribution in [3.8, 4) is 11.3 Å². The number of aromatic nitrogens is 2. The molecule has 4 rings (SSSR count). The second-order valence-corrected chi connectivity index (χ2v) is 7.11. The molecule has 10 heteroatoms. The summed E-state index contributed by atoms with van der Waals surface area (Å²) in [6.45, 7) is 0. The Morgan fingerprint density at radius 1 is 1.15 bits per heavy atom. The number of hydrogen-bond acceptors (Lipinski definition) is 7. The van der Waals surface area contributed by atoms with Crippen LogP contribution in [-0.2, 0) is 11.2 Å². The maximum absolute atomic E-state index is 14.8. The molecule has 0 fully saturated rings. The minimum absolute atomic E-state index is 0.0737. The van der Waals surface area contributed by atoms with Crippen molar-refractivity contribution in [3.05, 3.63) is 112 Å². The largest absolute Gasteiger partial charge is 0.477 e. The van der Waals surface area contributed by atoms with Crippen molar-refractivity contribution in [2.75, 3.05) is 5.32 Å². The van der Waals surface area contributed by atoms with Crippen LogP contribution in [0.1, 0.15) is 17.0 Å². The molecular formula is C24H17FN4O5. The Bertz CT molecular complexity index is 1370. The second-order valence-electron chi connectivity index (χ2n) is 7.11. The molecule has 2 N–H and O–H groups in total. The van der Waals surface area contributed by atoms with Crippen LogP contribution in [0.5, 0.6) is 0 Å². The Kier molecular flexibility index (Phi) is 6.40. The van der Waals surface area contributed by atoms with Gasteiger partial charge in [-0.1, -0.05) is 36.4 Å². The van der Waals surface area contributed by atoms with Crippen LogP contribution in [0, 0.1) is 15.9 Å². The van der Waals surface area contributed by atoms with E-state index in [0.717, 1.165) is 11.6 Å². The molecule has 0 aliphatic carbocycles. The van der Waals surface area contributed by atoms with Gasteiger partial charge in [0.2, 0.25) is 5.82 Å². The summed E-state index contributed by atoms with van der Waals surface area (Å²) in [6, 6.07) is 16.2. The molecule has 0 atom stereocenters. The number of rotatable bonds is 8. The van der Waals surface area contributed by atoms with Gasteiger partial charge < -0.3 is 14.8 Å². The number of benzene rings is 2. The van der Waals surface area contributed by atoms with E-state index >= 15 is 0 Å². The van der Waals surface area contributed by atoms with Crippen LogP contribution < -0.4 is 5.32 Å². The quantitative estimate of drug-likeness (QED) is 0.215. The summed E-state index contributed by atoms with van der Waals surface area (Å²) < 4.78 is 20.0. The minimum atomic E-state index is -1.25. The van der Waals surface area contributed by atoms with E-state index in [1.165, 1.54) is 30.7 Å². The fourth-order valence-corrected chi connectivity index (χ4v) is 3.23. The standard InChI is InChI=1S/C24H17FN4O5/c25-22-17(9-4-10-21(22)29(32)33)20-14-26-23(18(27-20)12-15-6-2-1-3-7-15)28-19(24(30)31)13-16-8-5-11-34-16/h1-11,13-14H,12H2,(H,26,28)(H,30,31). The third kappa shape index (κ3) is 4.96. The summed E-state index contributed by atoms with van der Waals surface area (Å²) in [4.78, 5) is 30.9. The number of anilines is 1. The lowest BCUT2D eigenvalue weighted by molar-refractivity contribution is -0.387. The van der Waals surface area contributed by atoms with Gasteiger partial charge in [0.25, 0.3) is 0 Å². The summed E-state index contributed by atoms with van der Waals surface area (Å²) in [5.41, 5.74) is 0.259. The number of carbonyl (C=O) groups is 1. The molecule has 0 saturated carbocycles. The fourth-order valence-electron chi connectivity index (χ4n) is 3.23. The Hall–Kier alpha value is -4.86. The average molecular weight is 460 g/mol. The predicted molar refractivity (Wildman–Crippen MR) is 121 cm³/mol. The Balaban J connectivity index is 1.78. The smallest absolute Gasteiger partial charge is 0.352 e. The number of halogens is 1. The zero-order valence-electron chi connectivity index (χ0n) is 17.5. The van der Waals surface area contributed by atoms with Gasteiger partial charge in [0.1, 0.15) is 11.5 Å². The van der Waals surface area contributed by atoms with Crippen LogP contribution in [-0.4, -0.2) is 26.0 Å². The third-order valence-corrected chi connectivity index (χ3v) is 4.82. The topological polar surface area (TPSA) is 131 Å². The SMILES string of the molecule is O=C(O)C(=Cc1ccco1)Nc1ncc(-c2cccc([N+](=O)[O-])c2F)nc1Cc1ccccc1. The van der Waals surface area contributed by atoms with Crippen molar-refractivity contribution >= 4 is 23.6 Å². The number of carboxylic acids is 1. The zero-order chi connectivity index (χ0) is 24.1. The number of furan rings is 1. The molecule has 0 spiro atoms. The lowest BCUT2D eigenvalue weighted by atomic mass is 10.1. The average Bonchev–Trinajstić information content (AvgIpc) is 3.33. The first-order chi connectivity index (χ1) is 16.4. The number of nitrogens with one attached hydrogen (secondary N) is 1. The summed E-state index contributed by atoms with van der Waals surface area (Å²) in [5, 5.41) is 23.5. The fraction of sp³-hybridized carbons (Fsp3) is 0.0417. The van der Waals surface area contributed by atoms with E-state index in [9.17, 15) is 24.4 Å². The molecule has 9 nitrogen and oxygen atoms in total. The zero-order valence-corrected chi connectivity index (χ0v) is 17.5. The highest BCUT2D eigenvalue weighted by molar-refractivity contribution is 5.95. The van der Waals surface area contributed by atoms with Crippen molar-refractivity contribution in [1.82, 2.24) is 9.97 Å². The van der Waals surface area contributed by atoms with E-state index < -0.39 is 22.4 Å². The van der Waals surface area contributed by atoms with Gasteiger partial charge in [0.05, 0.1) is 28.8 Å². The summed E-state index contributed by atoms with van der Waals surface area (Å²) in [6.07, 6.45) is 4.18. The van der Waals surface area contributed by atoms with E-state index in [-0.39, 0.29) is 29.2 Å². The maximum Gasteiger partial charge on any atom is 0.352 e. The summed E-state index contributed by atoms with van der Waals surface area (Å²) in [7, 11) is 0. The van der Waals surface area contributed by atoms with Crippen LogP contribution >= 0.6 is 0 Å². The van der Waals surface area contributed by atoms with Gasteiger partial charge in [-0.25, -0.2) is 14.8 Å². The molecule has 34 heavy (non-hydrogen) atoms. The highest BCUT2D eigenvalue weighted by atomic mass is 19.1. The van der Waals surface area contributed by atoms with E-state index in [2.05, 4.69) is 15.3 Å². The Morgan fingerprint density at radius 2 is 1.94 bits per heavy atom. The molecule has 4 aromatic rings. The van der Waals surface area contributed by atoms with E-state index in [0.29, 0.717) is 11.5 Å². The number of nitro benzene ring substituents is 1. The monoisotopic (exact) mass is 460 g/mol. The Labute approximate surface area is 192 Å². The van der Waals surface area contributed by atoms with Gasteiger partial charge in [-0.15, -0.1) is 0 Å². The number of nitro groups is 1. The lowest BCUT2D eigenvalue weighted by Gasteiger charge is -2.13. The van der Waals surface area contributed by atoms with Gasteiger partial charge in [-0.05, 0) is 23.8 Å². The van der Waals surface area contributed by atoms with Gasteiger partial charge >= 0.3 is 11.7 Å². The van der Waals surface area contributed by atoms with Crippen molar-refractivity contribution in [3.63, 3.8) is 0 Å². The maximum atomic E-state index is 14.8. The first-order valence-electron chi connectivity index (χ1n) is 10.0. The number of aliphatic carboxylic acids is 1. The van der Waals surface area contributed by atoms with Crippen LogP contribution in [0.3, 0.4) is 0 Å². The van der Waals surface area contributed by atoms with Gasteiger partial charge in [0, 0.05) is 24.1 Å². The number of hydrogen-bond donors (Lipinski definition) is 2. The molecule has 2 heterocycles. The van der Waals surface area contributed by atoms with E-state index in [4.69, 9.17) is 4.42 Å². The Morgan fingerprint density at radius 3 is 2.62 bits per heavy atom. The second kappa shape index (κ2) is 9.74. The molecule has 0 saturated heterocycles. The molecule has 0 amide bonds. The molecule has 0 bridgehead atoms. The van der Waals surface area contributed by atoms with E-state index in [1.54, 1.807) is 12.1 Å². The molecular weight excluding hydrogens is 443 g/mol. The number of nitrogens with zero attached hydrogens (tertiary/aromatic N) is 3. The van der Waals surface area contributed by atoms with Crippen molar-refractivity contribution in [2.24, 2.45) is 0 Å². The van der Waals surface area contributed by atoms with Crippen molar-refractivity contribution in [2.45, 2.75) is 6.42 Å². The molecule has 2 aromatic carbocycles. The van der Waals surface area contributed by atoms with Gasteiger partial charge in [-0.2, -0.15) is 4.39 Å². The van der Waals surface area contributed by atoms with Crippen LogP contribution in [0.2, 0.25) is 0 Å². The normalized spacial score (nSPS) is 11.3. The third-order valence-electron chi connectivity index (χ3n) is 4.82. The van der Waals surface area contributed by atoms with Crippen LogP contribution in [0.25, 0.3) is 17.3 Å². The van der Waals surface area contributed by atoms with Crippen LogP contribution in [0.4, 0.5) is 15.9 Å². The van der Waals surface area contributed by atoms with Crippen molar-refractivity contribution in [1.29, 1.82) is 0 Å². The highest BCUT2D eigenvalue weighted by Gasteiger charge is 2.21. The minimum Gasteiger partial charge on any atom is -0.477 e. The number of carboxylic acid groups (broad SMARTS) is 1. The molecule has 0 aliphatic rings. The van der Waals surface area contributed by atoms with Gasteiger partial charge in [0.15, 0.2) is 5.82 Å². The molecule has 0 radical (unpaired) electrons. The predicted octanol–water partition coefficient (Wildman–Crippen LogP) is 4.91. The summed E-state index contributed by atoms with van der Waals surface area (Å²) >= 11 is 0. The highest BCUT2D eigenvalue weighted by Crippen LogP contribution is 2.29. The van der Waals surface area contributed by atoms with Crippen LogP contribution in [0.15, 0.2) is 83.2 Å².